The van der Waals surface area contributed by atoms with Gasteiger partial charge in [0.05, 0.1) is 13.2 Å². The quantitative estimate of drug-likeness (QED) is 0.922. The van der Waals surface area contributed by atoms with Crippen LogP contribution in [0.25, 0.3) is 0 Å². The molecule has 1 fully saturated rings. The van der Waals surface area contributed by atoms with Crippen molar-refractivity contribution >= 4 is 5.91 Å². The SMILES string of the molecule is CCC(C)NC(=O)c1ccc2c(c1)OCC1(CC1)CO2. The first kappa shape index (κ1) is 13.3. The third-order valence-corrected chi connectivity index (χ3v) is 4.22. The smallest absolute Gasteiger partial charge is 0.251 e. The summed E-state index contributed by atoms with van der Waals surface area (Å²) < 4.78 is 11.6. The fourth-order valence-corrected chi connectivity index (χ4v) is 2.26. The molecular weight excluding hydrogens is 254 g/mol. The van der Waals surface area contributed by atoms with Crippen LogP contribution in [0.4, 0.5) is 0 Å². The van der Waals surface area contributed by atoms with Gasteiger partial charge < -0.3 is 14.8 Å². The van der Waals surface area contributed by atoms with Crippen molar-refractivity contribution in [2.75, 3.05) is 13.2 Å². The molecule has 1 N–H and O–H groups in total. The Labute approximate surface area is 119 Å². The van der Waals surface area contributed by atoms with E-state index in [-0.39, 0.29) is 17.4 Å². The van der Waals surface area contributed by atoms with Gasteiger partial charge in [0, 0.05) is 17.0 Å². The van der Waals surface area contributed by atoms with Crippen LogP contribution in [0, 0.1) is 5.41 Å². The first-order chi connectivity index (χ1) is 9.62. The molecular formula is C16H21NO3. The van der Waals surface area contributed by atoms with Crippen molar-refractivity contribution in [2.45, 2.75) is 39.2 Å². The van der Waals surface area contributed by atoms with Crippen LogP contribution in [-0.2, 0) is 0 Å². The topological polar surface area (TPSA) is 47.6 Å². The number of hydrogen-bond acceptors (Lipinski definition) is 3. The molecule has 1 saturated carbocycles. The van der Waals surface area contributed by atoms with Crippen LogP contribution in [0.15, 0.2) is 18.2 Å². The Morgan fingerprint density at radius 2 is 2.00 bits per heavy atom. The zero-order valence-corrected chi connectivity index (χ0v) is 12.1. The lowest BCUT2D eigenvalue weighted by Gasteiger charge is -2.13. The van der Waals surface area contributed by atoms with Crippen molar-refractivity contribution in [1.82, 2.24) is 5.32 Å². The summed E-state index contributed by atoms with van der Waals surface area (Å²) in [5.74, 6) is 1.37. The lowest BCUT2D eigenvalue weighted by molar-refractivity contribution is 0.0939. The number of benzene rings is 1. The van der Waals surface area contributed by atoms with Gasteiger partial charge in [0.15, 0.2) is 11.5 Å². The summed E-state index contributed by atoms with van der Waals surface area (Å²) >= 11 is 0. The number of ether oxygens (including phenoxy) is 2. The van der Waals surface area contributed by atoms with E-state index in [1.165, 1.54) is 12.8 Å². The van der Waals surface area contributed by atoms with Gasteiger partial charge in [-0.3, -0.25) is 4.79 Å². The van der Waals surface area contributed by atoms with Crippen molar-refractivity contribution in [3.05, 3.63) is 23.8 Å². The minimum atomic E-state index is -0.0591. The molecule has 3 rings (SSSR count). The largest absolute Gasteiger partial charge is 0.489 e. The molecule has 0 saturated heterocycles. The summed E-state index contributed by atoms with van der Waals surface area (Å²) in [6, 6.07) is 5.59. The highest BCUT2D eigenvalue weighted by molar-refractivity contribution is 5.95. The van der Waals surface area contributed by atoms with E-state index < -0.39 is 0 Å². The summed E-state index contributed by atoms with van der Waals surface area (Å²) in [6.45, 7) is 5.46. The normalized spacial score (nSPS) is 20.1. The van der Waals surface area contributed by atoms with Crippen LogP contribution in [0.3, 0.4) is 0 Å². The van der Waals surface area contributed by atoms with Gasteiger partial charge in [0.2, 0.25) is 0 Å². The Balaban J connectivity index is 1.76. The van der Waals surface area contributed by atoms with E-state index in [9.17, 15) is 4.79 Å². The fraction of sp³-hybridized carbons (Fsp3) is 0.562. The number of rotatable bonds is 3. The lowest BCUT2D eigenvalue weighted by atomic mass is 10.1. The molecule has 1 heterocycles. The monoisotopic (exact) mass is 275 g/mol. The van der Waals surface area contributed by atoms with Gasteiger partial charge in [-0.1, -0.05) is 6.92 Å². The average molecular weight is 275 g/mol. The van der Waals surface area contributed by atoms with E-state index in [1.54, 1.807) is 12.1 Å². The number of carbonyl (C=O) groups is 1. The third kappa shape index (κ3) is 2.60. The highest BCUT2D eigenvalue weighted by Crippen LogP contribution is 2.49. The van der Waals surface area contributed by atoms with E-state index in [4.69, 9.17) is 9.47 Å². The highest BCUT2D eigenvalue weighted by Gasteiger charge is 2.46. The van der Waals surface area contributed by atoms with E-state index in [0.29, 0.717) is 17.9 Å². The number of hydrogen-bond donors (Lipinski definition) is 1. The summed E-state index contributed by atoms with van der Waals surface area (Å²) in [4.78, 5) is 12.1. The molecule has 1 spiro atoms. The van der Waals surface area contributed by atoms with Crippen LogP contribution in [0.5, 0.6) is 11.5 Å². The van der Waals surface area contributed by atoms with Gasteiger partial charge >= 0.3 is 0 Å². The van der Waals surface area contributed by atoms with Crippen LogP contribution in [0.1, 0.15) is 43.5 Å². The minimum Gasteiger partial charge on any atom is -0.489 e. The highest BCUT2D eigenvalue weighted by atomic mass is 16.5. The Morgan fingerprint density at radius 3 is 2.65 bits per heavy atom. The first-order valence-electron chi connectivity index (χ1n) is 7.32. The second kappa shape index (κ2) is 5.00. The molecule has 1 aromatic carbocycles. The van der Waals surface area contributed by atoms with Crippen molar-refractivity contribution in [3.63, 3.8) is 0 Å². The molecule has 0 aromatic heterocycles. The Hall–Kier alpha value is -1.71. The maximum atomic E-state index is 12.1. The predicted molar refractivity (Wildman–Crippen MR) is 76.3 cm³/mol. The van der Waals surface area contributed by atoms with Crippen LogP contribution < -0.4 is 14.8 Å². The van der Waals surface area contributed by atoms with E-state index >= 15 is 0 Å². The summed E-state index contributed by atoms with van der Waals surface area (Å²) in [6.07, 6.45) is 3.25. The molecule has 1 aliphatic heterocycles. The molecule has 20 heavy (non-hydrogen) atoms. The second-order valence-corrected chi connectivity index (χ2v) is 6.02. The van der Waals surface area contributed by atoms with Gasteiger partial charge in [0.1, 0.15) is 0 Å². The van der Waals surface area contributed by atoms with Crippen molar-refractivity contribution in [3.8, 4) is 11.5 Å². The molecule has 4 heteroatoms. The van der Waals surface area contributed by atoms with E-state index in [2.05, 4.69) is 5.32 Å². The maximum Gasteiger partial charge on any atom is 0.251 e. The second-order valence-electron chi connectivity index (χ2n) is 6.02. The average Bonchev–Trinajstić information content (AvgIpc) is 3.26. The molecule has 108 valence electrons. The molecule has 1 atom stereocenters. The first-order valence-corrected chi connectivity index (χ1v) is 7.32. The summed E-state index contributed by atoms with van der Waals surface area (Å²) in [5, 5.41) is 2.96. The predicted octanol–water partition coefficient (Wildman–Crippen LogP) is 2.77. The maximum absolute atomic E-state index is 12.1. The number of fused-ring (bicyclic) bond motifs is 1. The summed E-state index contributed by atoms with van der Waals surface area (Å²) in [7, 11) is 0. The van der Waals surface area contributed by atoms with Crippen molar-refractivity contribution in [2.24, 2.45) is 5.41 Å². The molecule has 1 amide bonds. The summed E-state index contributed by atoms with van der Waals surface area (Å²) in [5.41, 5.74) is 0.845. The minimum absolute atomic E-state index is 0.0591. The molecule has 1 aromatic rings. The third-order valence-electron chi connectivity index (χ3n) is 4.22. The zero-order valence-electron chi connectivity index (χ0n) is 12.1. The van der Waals surface area contributed by atoms with Gasteiger partial charge in [-0.05, 0) is 44.4 Å². The number of nitrogens with one attached hydrogen (secondary N) is 1. The van der Waals surface area contributed by atoms with Gasteiger partial charge in [-0.2, -0.15) is 0 Å². The zero-order chi connectivity index (χ0) is 14.2. The molecule has 4 nitrogen and oxygen atoms in total. The molecule has 1 unspecified atom stereocenters. The molecule has 2 aliphatic rings. The van der Waals surface area contributed by atoms with Crippen LogP contribution in [0.2, 0.25) is 0 Å². The lowest BCUT2D eigenvalue weighted by Crippen LogP contribution is -2.31. The standard InChI is InChI=1S/C16H21NO3/c1-3-11(2)17-15(18)12-4-5-13-14(8-12)20-10-16(6-7-16)9-19-13/h4-5,8,11H,3,6-7,9-10H2,1-2H3,(H,17,18). The number of carbonyl (C=O) groups excluding carboxylic acids is 1. The Morgan fingerprint density at radius 1 is 1.30 bits per heavy atom. The van der Waals surface area contributed by atoms with Gasteiger partial charge in [-0.15, -0.1) is 0 Å². The Kier molecular flexibility index (Phi) is 3.32. The van der Waals surface area contributed by atoms with E-state index in [1.807, 2.05) is 19.9 Å². The fourth-order valence-electron chi connectivity index (χ4n) is 2.26. The molecule has 0 bridgehead atoms. The van der Waals surface area contributed by atoms with Crippen LogP contribution >= 0.6 is 0 Å². The van der Waals surface area contributed by atoms with Gasteiger partial charge in [0.25, 0.3) is 5.91 Å². The van der Waals surface area contributed by atoms with E-state index in [0.717, 1.165) is 18.8 Å². The van der Waals surface area contributed by atoms with Gasteiger partial charge in [-0.25, -0.2) is 0 Å². The van der Waals surface area contributed by atoms with Crippen molar-refractivity contribution in [1.29, 1.82) is 0 Å². The number of amides is 1. The van der Waals surface area contributed by atoms with Crippen molar-refractivity contribution < 1.29 is 14.3 Å². The Bertz CT molecular complexity index is 522. The van der Waals surface area contributed by atoms with Crippen LogP contribution in [-0.4, -0.2) is 25.2 Å². The molecule has 1 aliphatic carbocycles. The molecule has 0 radical (unpaired) electrons.